The van der Waals surface area contributed by atoms with Crippen LogP contribution in [0.25, 0.3) is 10.8 Å². The zero-order valence-electron chi connectivity index (χ0n) is 10.4. The van der Waals surface area contributed by atoms with Crippen LogP contribution in [0.3, 0.4) is 0 Å². The van der Waals surface area contributed by atoms with E-state index in [0.29, 0.717) is 16.5 Å². The number of carbonyl (C=O) groups excluding carboxylic acids is 2. The second kappa shape index (κ2) is 3.81. The third-order valence-corrected chi connectivity index (χ3v) is 3.50. The minimum absolute atomic E-state index is 0.242. The van der Waals surface area contributed by atoms with E-state index in [1.807, 2.05) is 24.3 Å². The highest BCUT2D eigenvalue weighted by Crippen LogP contribution is 2.32. The zero-order chi connectivity index (χ0) is 13.7. The number of amides is 2. The Morgan fingerprint density at radius 1 is 0.800 bits per heavy atom. The van der Waals surface area contributed by atoms with Crippen LogP contribution in [0.4, 0.5) is 5.88 Å². The third kappa shape index (κ3) is 1.30. The predicted molar refractivity (Wildman–Crippen MR) is 73.8 cm³/mol. The van der Waals surface area contributed by atoms with E-state index in [-0.39, 0.29) is 17.7 Å². The van der Waals surface area contributed by atoms with Crippen LogP contribution in [-0.2, 0) is 0 Å². The molecule has 0 saturated heterocycles. The second-order valence-corrected chi connectivity index (χ2v) is 4.61. The lowest BCUT2D eigenvalue weighted by Gasteiger charge is -2.24. The number of anilines is 1. The molecule has 4 rings (SSSR count). The Balaban J connectivity index is 2.05. The minimum atomic E-state index is -0.353. The lowest BCUT2D eigenvalue weighted by molar-refractivity contribution is 0.0887. The molecule has 4 nitrogen and oxygen atoms in total. The van der Waals surface area contributed by atoms with Gasteiger partial charge in [-0.05, 0) is 23.6 Å². The zero-order valence-corrected chi connectivity index (χ0v) is 10.4. The van der Waals surface area contributed by atoms with E-state index < -0.39 is 0 Å². The normalized spacial score (nSPS) is 14.1. The average molecular weight is 263 g/mol. The summed E-state index contributed by atoms with van der Waals surface area (Å²) >= 11 is 0. The molecule has 1 aromatic heterocycles. The van der Waals surface area contributed by atoms with Crippen molar-refractivity contribution in [2.45, 2.75) is 0 Å². The van der Waals surface area contributed by atoms with Gasteiger partial charge in [0.2, 0.25) is 5.88 Å². The van der Waals surface area contributed by atoms with Crippen LogP contribution < -0.4 is 4.90 Å². The van der Waals surface area contributed by atoms with Gasteiger partial charge in [-0.3, -0.25) is 9.59 Å². The largest absolute Gasteiger partial charge is 0.448 e. The first-order valence-corrected chi connectivity index (χ1v) is 6.21. The maximum atomic E-state index is 12.6. The number of carbonyl (C=O) groups is 2. The molecule has 2 aromatic carbocycles. The molecule has 2 heterocycles. The molecule has 1 aliphatic rings. The van der Waals surface area contributed by atoms with Gasteiger partial charge >= 0.3 is 0 Å². The van der Waals surface area contributed by atoms with E-state index in [4.69, 9.17) is 4.42 Å². The van der Waals surface area contributed by atoms with E-state index in [2.05, 4.69) is 0 Å². The molecular weight excluding hydrogens is 254 g/mol. The molecule has 0 bridgehead atoms. The molecule has 0 aliphatic carbocycles. The first kappa shape index (κ1) is 11.0. The van der Waals surface area contributed by atoms with Crippen molar-refractivity contribution in [1.82, 2.24) is 0 Å². The van der Waals surface area contributed by atoms with E-state index in [0.717, 1.165) is 10.3 Å². The van der Waals surface area contributed by atoms with Gasteiger partial charge < -0.3 is 4.42 Å². The van der Waals surface area contributed by atoms with Crippen LogP contribution in [0.1, 0.15) is 20.7 Å². The molecule has 1 aliphatic heterocycles. The van der Waals surface area contributed by atoms with E-state index in [9.17, 15) is 9.59 Å². The number of imide groups is 1. The number of rotatable bonds is 1. The molecule has 0 spiro atoms. The minimum Gasteiger partial charge on any atom is -0.448 e. The molecule has 0 saturated carbocycles. The molecule has 0 radical (unpaired) electrons. The molecule has 20 heavy (non-hydrogen) atoms. The van der Waals surface area contributed by atoms with E-state index in [1.165, 1.54) is 6.26 Å². The number of hydrogen-bond acceptors (Lipinski definition) is 3. The Morgan fingerprint density at radius 3 is 2.00 bits per heavy atom. The van der Waals surface area contributed by atoms with Gasteiger partial charge in [-0.2, -0.15) is 0 Å². The van der Waals surface area contributed by atoms with Gasteiger partial charge in [0.25, 0.3) is 11.8 Å². The summed E-state index contributed by atoms with van der Waals surface area (Å²) in [5.74, 6) is -0.463. The van der Waals surface area contributed by atoms with Crippen molar-refractivity contribution in [3.8, 4) is 0 Å². The van der Waals surface area contributed by atoms with Gasteiger partial charge in [-0.25, -0.2) is 4.90 Å². The summed E-state index contributed by atoms with van der Waals surface area (Å²) in [6, 6.07) is 14.1. The van der Waals surface area contributed by atoms with Crippen molar-refractivity contribution in [2.75, 3.05) is 4.90 Å². The van der Waals surface area contributed by atoms with Crippen LogP contribution in [0.5, 0.6) is 0 Å². The molecule has 3 aromatic rings. The fourth-order valence-corrected chi connectivity index (χ4v) is 2.63. The quantitative estimate of drug-likeness (QED) is 0.633. The summed E-state index contributed by atoms with van der Waals surface area (Å²) in [5, 5.41) is 1.61. The summed E-state index contributed by atoms with van der Waals surface area (Å²) in [6.07, 6.45) is 1.44. The molecular formula is C16H9NO3. The highest BCUT2D eigenvalue weighted by molar-refractivity contribution is 6.35. The average Bonchev–Trinajstić information content (AvgIpc) is 2.99. The number of furan rings is 1. The fourth-order valence-electron chi connectivity index (χ4n) is 2.63. The van der Waals surface area contributed by atoms with Gasteiger partial charge in [-0.1, -0.05) is 24.3 Å². The van der Waals surface area contributed by atoms with Gasteiger partial charge in [0.05, 0.1) is 6.26 Å². The maximum Gasteiger partial charge on any atom is 0.268 e. The number of hydrogen-bond donors (Lipinski definition) is 0. The Morgan fingerprint density at radius 2 is 1.45 bits per heavy atom. The molecule has 0 atom stereocenters. The van der Waals surface area contributed by atoms with Gasteiger partial charge in [0.15, 0.2) is 0 Å². The van der Waals surface area contributed by atoms with Crippen LogP contribution in [0.2, 0.25) is 0 Å². The van der Waals surface area contributed by atoms with Crippen LogP contribution >= 0.6 is 0 Å². The molecule has 2 amide bonds. The summed E-state index contributed by atoms with van der Waals surface area (Å²) in [6.45, 7) is 0. The van der Waals surface area contributed by atoms with Crippen molar-refractivity contribution < 1.29 is 14.0 Å². The molecule has 0 unspecified atom stereocenters. The monoisotopic (exact) mass is 263 g/mol. The Hall–Kier alpha value is -2.88. The van der Waals surface area contributed by atoms with Crippen molar-refractivity contribution >= 4 is 28.5 Å². The lowest BCUT2D eigenvalue weighted by atomic mass is 9.94. The highest BCUT2D eigenvalue weighted by atomic mass is 16.4. The smallest absolute Gasteiger partial charge is 0.268 e. The second-order valence-electron chi connectivity index (χ2n) is 4.61. The predicted octanol–water partition coefficient (Wildman–Crippen LogP) is 3.23. The summed E-state index contributed by atoms with van der Waals surface area (Å²) in [5.41, 5.74) is 1.04. The Bertz CT molecular complexity index is 799. The van der Waals surface area contributed by atoms with Gasteiger partial charge in [0.1, 0.15) is 0 Å². The van der Waals surface area contributed by atoms with Crippen molar-refractivity contribution in [3.63, 3.8) is 0 Å². The Kier molecular flexibility index (Phi) is 2.09. The maximum absolute atomic E-state index is 12.6. The SMILES string of the molecule is O=C1c2cccc3cccc(c23)C(=O)N1c1ccco1. The third-order valence-electron chi connectivity index (χ3n) is 3.50. The molecule has 4 heteroatoms. The summed E-state index contributed by atoms with van der Waals surface area (Å²) in [7, 11) is 0. The summed E-state index contributed by atoms with van der Waals surface area (Å²) in [4.78, 5) is 26.2. The summed E-state index contributed by atoms with van der Waals surface area (Å²) < 4.78 is 5.21. The van der Waals surface area contributed by atoms with Crippen LogP contribution in [0.15, 0.2) is 59.2 Å². The lowest BCUT2D eigenvalue weighted by Crippen LogP contribution is -2.40. The molecule has 96 valence electrons. The van der Waals surface area contributed by atoms with Crippen LogP contribution in [0, 0.1) is 0 Å². The number of nitrogens with zero attached hydrogens (tertiary/aromatic N) is 1. The fraction of sp³-hybridized carbons (Fsp3) is 0. The van der Waals surface area contributed by atoms with Gasteiger partial charge in [-0.15, -0.1) is 0 Å². The van der Waals surface area contributed by atoms with Crippen LogP contribution in [-0.4, -0.2) is 11.8 Å². The first-order valence-electron chi connectivity index (χ1n) is 6.21. The Labute approximate surface area is 114 Å². The van der Waals surface area contributed by atoms with Crippen molar-refractivity contribution in [3.05, 3.63) is 65.9 Å². The van der Waals surface area contributed by atoms with Gasteiger partial charge in [0, 0.05) is 22.6 Å². The first-order chi connectivity index (χ1) is 9.77. The topological polar surface area (TPSA) is 50.5 Å². The van der Waals surface area contributed by atoms with Crippen molar-refractivity contribution in [2.24, 2.45) is 0 Å². The standard InChI is InChI=1S/C16H9NO3/c18-15-11-6-1-4-10-5-2-7-12(14(10)11)16(19)17(15)13-8-3-9-20-13/h1-9H. The highest BCUT2D eigenvalue weighted by Gasteiger charge is 2.35. The number of benzene rings is 2. The van der Waals surface area contributed by atoms with E-state index >= 15 is 0 Å². The van der Waals surface area contributed by atoms with Crippen molar-refractivity contribution in [1.29, 1.82) is 0 Å². The molecule has 0 fully saturated rings. The van der Waals surface area contributed by atoms with E-state index in [1.54, 1.807) is 24.3 Å². The molecule has 0 N–H and O–H groups in total.